The summed E-state index contributed by atoms with van der Waals surface area (Å²) in [5, 5.41) is 19.3. The Morgan fingerprint density at radius 3 is 2.05 bits per heavy atom. The minimum Gasteiger partial charge on any atom is -0.493 e. The van der Waals surface area contributed by atoms with E-state index in [1.165, 1.54) is 5.56 Å². The van der Waals surface area contributed by atoms with Gasteiger partial charge in [0.2, 0.25) is 0 Å². The third-order valence-corrected chi connectivity index (χ3v) is 7.01. The van der Waals surface area contributed by atoms with Crippen LogP contribution in [0.3, 0.4) is 0 Å². The van der Waals surface area contributed by atoms with Crippen LogP contribution in [0.2, 0.25) is 0 Å². The molecule has 0 saturated carbocycles. The Hall–Kier alpha value is -3.93. The van der Waals surface area contributed by atoms with Gasteiger partial charge in [-0.15, -0.1) is 0 Å². The normalized spacial score (nSPS) is 12.6. The molecule has 4 aromatic rings. The number of aliphatic hydroxyl groups is 2. The first-order valence-corrected chi connectivity index (χ1v) is 12.5. The van der Waals surface area contributed by atoms with Crippen LogP contribution < -0.4 is 9.47 Å². The number of aliphatic imine (C=N–C) groups is 1. The minimum atomic E-state index is -0.110. The van der Waals surface area contributed by atoms with E-state index in [2.05, 4.69) is 42.5 Å². The summed E-state index contributed by atoms with van der Waals surface area (Å²) < 4.78 is 11.8. The molecule has 0 aliphatic carbocycles. The van der Waals surface area contributed by atoms with Crippen molar-refractivity contribution < 1.29 is 19.7 Å². The molecule has 5 rings (SSSR count). The van der Waals surface area contributed by atoms with Crippen molar-refractivity contribution in [1.82, 2.24) is 0 Å². The molecule has 0 radical (unpaired) electrons. The summed E-state index contributed by atoms with van der Waals surface area (Å²) in [6.45, 7) is 0.471. The van der Waals surface area contributed by atoms with E-state index in [0.29, 0.717) is 13.0 Å². The summed E-state index contributed by atoms with van der Waals surface area (Å²) in [6, 6.07) is 26.8. The summed E-state index contributed by atoms with van der Waals surface area (Å²) >= 11 is 0. The maximum Gasteiger partial charge on any atom is 0.168 e. The second kappa shape index (κ2) is 11.0. The lowest BCUT2D eigenvalue weighted by Crippen LogP contribution is -2.17. The van der Waals surface area contributed by atoms with Gasteiger partial charge in [-0.3, -0.25) is 4.99 Å². The van der Waals surface area contributed by atoms with Crippen molar-refractivity contribution in [2.45, 2.75) is 26.1 Å². The number of methoxy groups -OCH3 is 2. The molecule has 1 aliphatic heterocycles. The first kappa shape index (κ1) is 24.8. The van der Waals surface area contributed by atoms with Crippen molar-refractivity contribution in [3.8, 4) is 33.8 Å². The molecule has 0 spiro atoms. The van der Waals surface area contributed by atoms with Gasteiger partial charge >= 0.3 is 0 Å². The molecule has 188 valence electrons. The van der Waals surface area contributed by atoms with Crippen LogP contribution >= 0.6 is 0 Å². The third kappa shape index (κ3) is 4.88. The smallest absolute Gasteiger partial charge is 0.168 e. The molecule has 1 heterocycles. The van der Waals surface area contributed by atoms with Crippen LogP contribution in [-0.2, 0) is 26.1 Å². The standard InChI is InChI=1S/C32H31NO4/c1-36-31-27-14-15-33-30(17-21-8-9-25(19-34)26(16-21)20-35)29(27)18-28(32(31)37-2)24-12-10-23(11-13-24)22-6-4-3-5-7-22/h3-13,16,18,34-35H,14-15,17,19-20H2,1-2H3. The molecule has 37 heavy (non-hydrogen) atoms. The van der Waals surface area contributed by atoms with Crippen LogP contribution in [0, 0.1) is 0 Å². The maximum atomic E-state index is 9.75. The van der Waals surface area contributed by atoms with E-state index in [1.54, 1.807) is 14.2 Å². The predicted molar refractivity (Wildman–Crippen MR) is 148 cm³/mol. The second-order valence-electron chi connectivity index (χ2n) is 9.13. The molecule has 0 aromatic heterocycles. The van der Waals surface area contributed by atoms with Gasteiger partial charge in [-0.1, -0.05) is 72.8 Å². The molecular weight excluding hydrogens is 462 g/mol. The predicted octanol–water partition coefficient (Wildman–Crippen LogP) is 5.61. The molecule has 2 N–H and O–H groups in total. The Morgan fingerprint density at radius 1 is 0.703 bits per heavy atom. The third-order valence-electron chi connectivity index (χ3n) is 7.01. The zero-order valence-electron chi connectivity index (χ0n) is 21.2. The highest BCUT2D eigenvalue weighted by Crippen LogP contribution is 2.44. The van der Waals surface area contributed by atoms with Gasteiger partial charge in [-0.25, -0.2) is 0 Å². The highest BCUT2D eigenvalue weighted by Gasteiger charge is 2.25. The van der Waals surface area contributed by atoms with E-state index in [9.17, 15) is 10.2 Å². The SMILES string of the molecule is COc1c(-c2ccc(-c3ccccc3)cc2)cc2c(c1OC)CCN=C2Cc1ccc(CO)c(CO)c1. The van der Waals surface area contributed by atoms with Gasteiger partial charge in [0, 0.05) is 35.4 Å². The molecule has 0 fully saturated rings. The van der Waals surface area contributed by atoms with E-state index in [0.717, 1.165) is 68.1 Å². The minimum absolute atomic E-state index is 0.0939. The van der Waals surface area contributed by atoms with Crippen molar-refractivity contribution in [2.75, 3.05) is 20.8 Å². The van der Waals surface area contributed by atoms with Gasteiger partial charge in [0.15, 0.2) is 11.5 Å². The highest BCUT2D eigenvalue weighted by atomic mass is 16.5. The van der Waals surface area contributed by atoms with E-state index in [-0.39, 0.29) is 13.2 Å². The zero-order valence-corrected chi connectivity index (χ0v) is 21.2. The van der Waals surface area contributed by atoms with Crippen LogP contribution in [0.4, 0.5) is 0 Å². The molecule has 1 aliphatic rings. The van der Waals surface area contributed by atoms with Gasteiger partial charge < -0.3 is 19.7 Å². The molecule has 0 atom stereocenters. The van der Waals surface area contributed by atoms with E-state index >= 15 is 0 Å². The molecule has 0 unspecified atom stereocenters. The first-order valence-electron chi connectivity index (χ1n) is 12.5. The number of nitrogens with zero attached hydrogens (tertiary/aromatic N) is 1. The lowest BCUT2D eigenvalue weighted by molar-refractivity contribution is 0.260. The number of hydrogen-bond acceptors (Lipinski definition) is 5. The summed E-state index contributed by atoms with van der Waals surface area (Å²) in [5.41, 5.74) is 9.98. The fourth-order valence-corrected chi connectivity index (χ4v) is 5.11. The van der Waals surface area contributed by atoms with E-state index < -0.39 is 0 Å². The van der Waals surface area contributed by atoms with Crippen molar-refractivity contribution in [1.29, 1.82) is 0 Å². The number of benzene rings is 4. The molecule has 5 heteroatoms. The largest absolute Gasteiger partial charge is 0.493 e. The number of aliphatic hydroxyl groups excluding tert-OH is 2. The lowest BCUT2D eigenvalue weighted by atomic mass is 9.88. The van der Waals surface area contributed by atoms with E-state index in [1.807, 2.05) is 36.4 Å². The fourth-order valence-electron chi connectivity index (χ4n) is 5.11. The number of rotatable bonds is 8. The Balaban J connectivity index is 1.56. The summed E-state index contributed by atoms with van der Waals surface area (Å²) in [5.74, 6) is 1.48. The topological polar surface area (TPSA) is 71.3 Å². The van der Waals surface area contributed by atoms with Crippen molar-refractivity contribution >= 4 is 5.71 Å². The van der Waals surface area contributed by atoms with Gasteiger partial charge in [-0.2, -0.15) is 0 Å². The van der Waals surface area contributed by atoms with Crippen LogP contribution in [0.25, 0.3) is 22.3 Å². The fraction of sp³-hybridized carbons (Fsp3) is 0.219. The Morgan fingerprint density at radius 2 is 1.38 bits per heavy atom. The summed E-state index contributed by atoms with van der Waals surface area (Å²) in [6.07, 6.45) is 1.39. The highest BCUT2D eigenvalue weighted by molar-refractivity contribution is 6.06. The van der Waals surface area contributed by atoms with Crippen molar-refractivity contribution in [3.05, 3.63) is 107 Å². The molecule has 0 bridgehead atoms. The molecule has 0 amide bonds. The Bertz CT molecular complexity index is 1430. The number of fused-ring (bicyclic) bond motifs is 1. The molecule has 4 aromatic carbocycles. The lowest BCUT2D eigenvalue weighted by Gasteiger charge is -2.24. The monoisotopic (exact) mass is 493 g/mol. The van der Waals surface area contributed by atoms with Crippen LogP contribution in [0.5, 0.6) is 11.5 Å². The first-order chi connectivity index (χ1) is 18.2. The quantitative estimate of drug-likeness (QED) is 0.335. The van der Waals surface area contributed by atoms with Crippen LogP contribution in [0.1, 0.15) is 27.8 Å². The van der Waals surface area contributed by atoms with Gasteiger partial charge in [0.05, 0.1) is 27.4 Å². The van der Waals surface area contributed by atoms with Gasteiger partial charge in [-0.05, 0) is 45.9 Å². The van der Waals surface area contributed by atoms with Crippen molar-refractivity contribution in [2.24, 2.45) is 4.99 Å². The average Bonchev–Trinajstić information content (AvgIpc) is 2.96. The Kier molecular flexibility index (Phi) is 7.35. The molecular formula is C32H31NO4. The number of ether oxygens (including phenoxy) is 2. The zero-order chi connectivity index (χ0) is 25.8. The Labute approximate surface area is 217 Å². The average molecular weight is 494 g/mol. The van der Waals surface area contributed by atoms with E-state index in [4.69, 9.17) is 14.5 Å². The number of hydrogen-bond donors (Lipinski definition) is 2. The van der Waals surface area contributed by atoms with Crippen molar-refractivity contribution in [3.63, 3.8) is 0 Å². The van der Waals surface area contributed by atoms with Gasteiger partial charge in [0.25, 0.3) is 0 Å². The van der Waals surface area contributed by atoms with Crippen LogP contribution in [0.15, 0.2) is 83.9 Å². The second-order valence-corrected chi connectivity index (χ2v) is 9.13. The molecule has 5 nitrogen and oxygen atoms in total. The summed E-state index contributed by atoms with van der Waals surface area (Å²) in [7, 11) is 3.37. The maximum absolute atomic E-state index is 9.75. The summed E-state index contributed by atoms with van der Waals surface area (Å²) in [4.78, 5) is 4.89. The molecule has 0 saturated heterocycles. The van der Waals surface area contributed by atoms with Crippen LogP contribution in [-0.4, -0.2) is 36.7 Å². The van der Waals surface area contributed by atoms with Gasteiger partial charge in [0.1, 0.15) is 0 Å².